The Bertz CT molecular complexity index is 1080. The van der Waals surface area contributed by atoms with Crippen molar-refractivity contribution in [3.63, 3.8) is 0 Å². The van der Waals surface area contributed by atoms with E-state index in [1.807, 2.05) is 29.6 Å². The second-order valence-corrected chi connectivity index (χ2v) is 9.31. The first-order chi connectivity index (χ1) is 13.4. The molecule has 0 aliphatic rings. The molecule has 0 saturated carbocycles. The van der Waals surface area contributed by atoms with Crippen LogP contribution in [0.5, 0.6) is 5.75 Å². The van der Waals surface area contributed by atoms with Crippen LogP contribution in [-0.2, 0) is 15.8 Å². The van der Waals surface area contributed by atoms with Gasteiger partial charge in [-0.15, -0.1) is 23.1 Å². The van der Waals surface area contributed by atoms with Crippen LogP contribution in [0.1, 0.15) is 15.2 Å². The summed E-state index contributed by atoms with van der Waals surface area (Å²) in [7, 11) is -2.64. The highest BCUT2D eigenvalue weighted by Crippen LogP contribution is 2.30. The van der Waals surface area contributed by atoms with Gasteiger partial charge in [0, 0.05) is 21.2 Å². The molecule has 0 unspecified atom stereocenters. The normalized spacial score (nSPS) is 11.2. The number of nitrogens with one attached hydrogen (secondary N) is 1. The van der Waals surface area contributed by atoms with Crippen molar-refractivity contribution in [1.29, 1.82) is 0 Å². The van der Waals surface area contributed by atoms with Crippen LogP contribution in [0.15, 0.2) is 69.8 Å². The smallest absolute Gasteiger partial charge is 0.256 e. The maximum atomic E-state index is 12.8. The highest BCUT2D eigenvalue weighted by atomic mass is 32.2. The maximum absolute atomic E-state index is 12.8. The molecule has 0 saturated heterocycles. The van der Waals surface area contributed by atoms with Crippen LogP contribution >= 0.6 is 23.1 Å². The molecule has 0 fully saturated rings. The predicted octanol–water partition coefficient (Wildman–Crippen LogP) is 3.95. The number of rotatable bonds is 7. The molecule has 3 rings (SSSR count). The summed E-state index contributed by atoms with van der Waals surface area (Å²) in [4.78, 5) is 14.6. The molecular weight excluding hydrogens is 416 g/mol. The average molecular weight is 435 g/mol. The van der Waals surface area contributed by atoms with Gasteiger partial charge in [0.15, 0.2) is 0 Å². The molecule has 0 spiro atoms. The molecule has 28 heavy (non-hydrogen) atoms. The van der Waals surface area contributed by atoms with Crippen LogP contribution in [0.25, 0.3) is 0 Å². The molecule has 3 aromatic rings. The minimum Gasteiger partial charge on any atom is -0.495 e. The van der Waals surface area contributed by atoms with Crippen LogP contribution < -0.4 is 15.2 Å². The number of hydrogen-bond donors (Lipinski definition) is 2. The van der Waals surface area contributed by atoms with Crippen molar-refractivity contribution >= 4 is 44.7 Å². The van der Waals surface area contributed by atoms with Crippen LogP contribution in [0.4, 0.5) is 5.69 Å². The maximum Gasteiger partial charge on any atom is 0.256 e. The number of carbonyl (C=O) groups excluding carboxylic acids is 1. The monoisotopic (exact) mass is 434 g/mol. The van der Waals surface area contributed by atoms with E-state index in [1.54, 1.807) is 41.3 Å². The number of thioether (sulfide) groups is 1. The number of nitrogens with two attached hydrogens (primary N) is 1. The molecule has 3 N–H and O–H groups in total. The largest absolute Gasteiger partial charge is 0.495 e. The van der Waals surface area contributed by atoms with Gasteiger partial charge in [0.1, 0.15) is 10.6 Å². The van der Waals surface area contributed by atoms with Crippen molar-refractivity contribution in [2.45, 2.75) is 15.5 Å². The molecule has 0 aliphatic heterocycles. The first-order valence-corrected chi connectivity index (χ1v) is 11.6. The molecular formula is C19H18N2O4S3. The molecule has 9 heteroatoms. The summed E-state index contributed by atoms with van der Waals surface area (Å²) in [6.45, 7) is 0. The van der Waals surface area contributed by atoms with Gasteiger partial charge in [-0.25, -0.2) is 13.6 Å². The van der Waals surface area contributed by atoms with Gasteiger partial charge in [-0.3, -0.25) is 4.79 Å². The third-order valence-corrected chi connectivity index (χ3v) is 6.92. The Balaban J connectivity index is 1.82. The van der Waals surface area contributed by atoms with E-state index in [2.05, 4.69) is 5.32 Å². The van der Waals surface area contributed by atoms with Crippen LogP contribution in [0.3, 0.4) is 0 Å². The molecule has 1 heterocycles. The van der Waals surface area contributed by atoms with Crippen molar-refractivity contribution < 1.29 is 17.9 Å². The van der Waals surface area contributed by atoms with E-state index >= 15 is 0 Å². The highest BCUT2D eigenvalue weighted by molar-refractivity contribution is 7.98. The van der Waals surface area contributed by atoms with E-state index in [1.165, 1.54) is 24.1 Å². The highest BCUT2D eigenvalue weighted by Gasteiger charge is 2.18. The van der Waals surface area contributed by atoms with Gasteiger partial charge in [0.25, 0.3) is 5.91 Å². The Morgan fingerprint density at radius 1 is 1.18 bits per heavy atom. The summed E-state index contributed by atoms with van der Waals surface area (Å²) < 4.78 is 28.5. The number of benzene rings is 2. The molecule has 1 amide bonds. The Kier molecular flexibility index (Phi) is 6.40. The first-order valence-electron chi connectivity index (χ1n) is 8.15. The molecule has 146 valence electrons. The van der Waals surface area contributed by atoms with Gasteiger partial charge < -0.3 is 10.1 Å². The zero-order valence-electron chi connectivity index (χ0n) is 14.9. The number of methoxy groups -OCH3 is 1. The average Bonchev–Trinajstić information content (AvgIpc) is 3.19. The number of sulfonamides is 1. The Morgan fingerprint density at radius 3 is 2.64 bits per heavy atom. The van der Waals surface area contributed by atoms with Crippen LogP contribution in [-0.4, -0.2) is 21.4 Å². The Morgan fingerprint density at radius 2 is 1.96 bits per heavy atom. The van der Waals surface area contributed by atoms with Crippen LogP contribution in [0.2, 0.25) is 0 Å². The van der Waals surface area contributed by atoms with Gasteiger partial charge in [0.05, 0.1) is 12.7 Å². The molecule has 6 nitrogen and oxygen atoms in total. The molecule has 1 aromatic heterocycles. The standard InChI is InChI=1S/C19H18N2O4S3/c1-25-16-9-8-13(11-18(16)28(20,23)24)21-19(22)15-6-2-3-7-17(15)27-12-14-5-4-10-26-14/h2-11H,12H2,1H3,(H,21,22)(H2,20,23,24). The number of carbonyl (C=O) groups is 1. The topological polar surface area (TPSA) is 98.5 Å². The number of hydrogen-bond acceptors (Lipinski definition) is 6. The lowest BCUT2D eigenvalue weighted by Crippen LogP contribution is -2.16. The van der Waals surface area contributed by atoms with Gasteiger partial charge in [0.2, 0.25) is 10.0 Å². The van der Waals surface area contributed by atoms with E-state index in [9.17, 15) is 13.2 Å². The fraction of sp³-hybridized carbons (Fsp3) is 0.105. The van der Waals surface area contributed by atoms with E-state index in [4.69, 9.17) is 9.88 Å². The quantitative estimate of drug-likeness (QED) is 0.549. The molecule has 0 atom stereocenters. The van der Waals surface area contributed by atoms with Crippen molar-refractivity contribution in [3.05, 3.63) is 70.4 Å². The number of thiophene rings is 1. The summed E-state index contributed by atoms with van der Waals surface area (Å²) in [6.07, 6.45) is 0. The summed E-state index contributed by atoms with van der Waals surface area (Å²) in [5, 5.41) is 9.98. The number of primary sulfonamides is 1. The SMILES string of the molecule is COc1ccc(NC(=O)c2ccccc2SCc2cccs2)cc1S(N)(=O)=O. The van der Waals surface area contributed by atoms with Crippen molar-refractivity contribution in [3.8, 4) is 5.75 Å². The lowest BCUT2D eigenvalue weighted by Gasteiger charge is -2.12. The fourth-order valence-corrected chi connectivity index (χ4v) is 5.04. The van der Waals surface area contributed by atoms with Gasteiger partial charge in [-0.1, -0.05) is 18.2 Å². The minimum absolute atomic E-state index is 0.118. The third kappa shape index (κ3) is 4.93. The summed E-state index contributed by atoms with van der Waals surface area (Å²) in [6, 6.07) is 15.6. The second kappa shape index (κ2) is 8.78. The van der Waals surface area contributed by atoms with Gasteiger partial charge >= 0.3 is 0 Å². The van der Waals surface area contributed by atoms with E-state index < -0.39 is 10.0 Å². The number of amides is 1. The lowest BCUT2D eigenvalue weighted by atomic mass is 10.2. The van der Waals surface area contributed by atoms with Crippen molar-refractivity contribution in [1.82, 2.24) is 0 Å². The second-order valence-electron chi connectivity index (χ2n) is 5.73. The van der Waals surface area contributed by atoms with E-state index in [0.717, 1.165) is 10.6 Å². The summed E-state index contributed by atoms with van der Waals surface area (Å²) in [5.74, 6) is 0.548. The van der Waals surface area contributed by atoms with Gasteiger partial charge in [-0.05, 0) is 41.8 Å². The summed E-state index contributed by atoms with van der Waals surface area (Å²) >= 11 is 3.24. The zero-order valence-corrected chi connectivity index (χ0v) is 17.4. The van der Waals surface area contributed by atoms with Gasteiger partial charge in [-0.2, -0.15) is 0 Å². The van der Waals surface area contributed by atoms with E-state index in [-0.39, 0.29) is 16.6 Å². The zero-order chi connectivity index (χ0) is 20.1. The fourth-order valence-electron chi connectivity index (χ4n) is 2.50. The van der Waals surface area contributed by atoms with Crippen molar-refractivity contribution in [2.75, 3.05) is 12.4 Å². The molecule has 0 radical (unpaired) electrons. The Labute approximate surface area is 171 Å². The summed E-state index contributed by atoms with van der Waals surface area (Å²) in [5.41, 5.74) is 0.824. The molecule has 2 aromatic carbocycles. The minimum atomic E-state index is -3.99. The lowest BCUT2D eigenvalue weighted by molar-refractivity contribution is 0.102. The molecule has 0 bridgehead atoms. The van der Waals surface area contributed by atoms with E-state index in [0.29, 0.717) is 11.3 Å². The first kappa shape index (κ1) is 20.4. The Hall–Kier alpha value is -2.33. The van der Waals surface area contributed by atoms with Crippen LogP contribution in [0, 0.1) is 0 Å². The third-order valence-electron chi connectivity index (χ3n) is 3.81. The molecule has 0 aliphatic carbocycles. The number of ether oxygens (including phenoxy) is 1. The van der Waals surface area contributed by atoms with Crippen molar-refractivity contribution in [2.24, 2.45) is 5.14 Å². The predicted molar refractivity (Wildman–Crippen MR) is 113 cm³/mol. The number of anilines is 1.